The zero-order valence-electron chi connectivity index (χ0n) is 38.7. The van der Waals surface area contributed by atoms with Crippen molar-refractivity contribution in [1.82, 2.24) is 9.97 Å². The fraction of sp³-hybridized carbons (Fsp3) is 0. The Balaban J connectivity index is 1.18. The number of aromatic nitrogens is 2. The van der Waals surface area contributed by atoms with Gasteiger partial charge in [-0.05, 0) is 122 Å². The first kappa shape index (κ1) is 41.0. The van der Waals surface area contributed by atoms with Gasteiger partial charge < -0.3 is 14.7 Å². The van der Waals surface area contributed by atoms with Gasteiger partial charge in [0.15, 0.2) is 8.07 Å². The van der Waals surface area contributed by atoms with Crippen molar-refractivity contribution in [2.45, 2.75) is 0 Å². The molecule has 5 nitrogen and oxygen atoms in total. The second kappa shape index (κ2) is 16.6. The van der Waals surface area contributed by atoms with E-state index < -0.39 is 8.07 Å². The summed E-state index contributed by atoms with van der Waals surface area (Å²) in [5.74, 6) is 0. The first-order valence-corrected chi connectivity index (χ1v) is 26.4. The van der Waals surface area contributed by atoms with Gasteiger partial charge in [0.25, 0.3) is 6.71 Å². The summed E-state index contributed by atoms with van der Waals surface area (Å²) < 4.78 is 0. The van der Waals surface area contributed by atoms with Gasteiger partial charge in [0.2, 0.25) is 0 Å². The third-order valence-electron chi connectivity index (χ3n) is 14.8. The van der Waals surface area contributed by atoms with Crippen molar-refractivity contribution in [2.24, 2.45) is 0 Å². The van der Waals surface area contributed by atoms with Crippen LogP contribution >= 0.6 is 0 Å². The summed E-state index contributed by atoms with van der Waals surface area (Å²) in [5.41, 5.74) is 17.9. The third-order valence-corrected chi connectivity index (χ3v) is 19.7. The molecular weight excluding hydrogens is 878 g/mol. The molecule has 0 N–H and O–H groups in total. The average molecular weight is 922 g/mol. The highest BCUT2D eigenvalue weighted by Crippen LogP contribution is 2.50. The summed E-state index contributed by atoms with van der Waals surface area (Å²) in [6.45, 7) is -0.0853. The molecule has 0 bridgehead atoms. The van der Waals surface area contributed by atoms with Gasteiger partial charge in [0.1, 0.15) is 0 Å². The average Bonchev–Trinajstić information content (AvgIpc) is 3.45. The SMILES string of the molecule is c1ccc(N(c2ccccc2)c2cc3c4c(c2)N(c2ccccc2-c2ccccn2)c2cccc5c2B4c2c(cccc2[Si]5(c2ccccc2)c2ccccc2)N3c2ccccc2-c2ccccn2)cc1. The Morgan fingerprint density at radius 2 is 0.718 bits per heavy atom. The third kappa shape index (κ3) is 6.19. The molecule has 9 aromatic carbocycles. The highest BCUT2D eigenvalue weighted by atomic mass is 28.3. The summed E-state index contributed by atoms with van der Waals surface area (Å²) in [4.78, 5) is 17.6. The number of para-hydroxylation sites is 4. The minimum Gasteiger partial charge on any atom is -0.311 e. The van der Waals surface area contributed by atoms with Crippen molar-refractivity contribution in [3.63, 3.8) is 0 Å². The molecule has 0 saturated carbocycles. The molecule has 0 amide bonds. The fourth-order valence-electron chi connectivity index (χ4n) is 12.1. The Bertz CT molecular complexity index is 3540. The van der Waals surface area contributed by atoms with Crippen LogP contribution in [0.2, 0.25) is 0 Å². The van der Waals surface area contributed by atoms with Crippen molar-refractivity contribution in [2.75, 3.05) is 14.7 Å². The van der Waals surface area contributed by atoms with Crippen molar-refractivity contribution < 1.29 is 0 Å². The van der Waals surface area contributed by atoms with Crippen molar-refractivity contribution in [3.8, 4) is 22.5 Å². The quantitative estimate of drug-likeness (QED) is 0.135. The Morgan fingerprint density at radius 3 is 1.15 bits per heavy atom. The number of hydrogen-bond donors (Lipinski definition) is 0. The zero-order chi connectivity index (χ0) is 46.9. The van der Waals surface area contributed by atoms with Gasteiger partial charge in [-0.3, -0.25) is 9.97 Å². The lowest BCUT2D eigenvalue weighted by atomic mass is 9.33. The van der Waals surface area contributed by atoms with Crippen LogP contribution in [0.3, 0.4) is 0 Å². The van der Waals surface area contributed by atoms with E-state index in [0.29, 0.717) is 0 Å². The number of rotatable bonds is 9. The van der Waals surface area contributed by atoms with Gasteiger partial charge in [-0.25, -0.2) is 0 Å². The molecule has 11 aromatic rings. The minimum atomic E-state index is -3.07. The van der Waals surface area contributed by atoms with Crippen LogP contribution in [0.1, 0.15) is 0 Å². The molecule has 3 aliphatic heterocycles. The molecule has 332 valence electrons. The van der Waals surface area contributed by atoms with E-state index in [2.05, 4.69) is 257 Å². The molecule has 0 fully saturated rings. The van der Waals surface area contributed by atoms with Crippen molar-refractivity contribution in [3.05, 3.63) is 267 Å². The van der Waals surface area contributed by atoms with E-state index in [9.17, 15) is 0 Å². The van der Waals surface area contributed by atoms with Gasteiger partial charge in [-0.1, -0.05) is 170 Å². The zero-order valence-corrected chi connectivity index (χ0v) is 39.7. The van der Waals surface area contributed by atoms with Crippen LogP contribution in [0.25, 0.3) is 22.5 Å². The minimum absolute atomic E-state index is 0.0853. The summed E-state index contributed by atoms with van der Waals surface area (Å²) in [7, 11) is -3.07. The second-order valence-electron chi connectivity index (χ2n) is 18.4. The molecule has 0 saturated heterocycles. The van der Waals surface area contributed by atoms with Crippen molar-refractivity contribution in [1.29, 1.82) is 0 Å². The highest BCUT2D eigenvalue weighted by molar-refractivity contribution is 7.27. The molecule has 7 heteroatoms. The monoisotopic (exact) mass is 921 g/mol. The number of hydrogen-bond acceptors (Lipinski definition) is 5. The van der Waals surface area contributed by atoms with Crippen LogP contribution in [-0.2, 0) is 0 Å². The van der Waals surface area contributed by atoms with Crippen LogP contribution in [-0.4, -0.2) is 24.8 Å². The summed E-state index contributed by atoms with van der Waals surface area (Å²) >= 11 is 0. The molecular formula is C64H44BN5Si. The molecule has 0 radical (unpaired) electrons. The van der Waals surface area contributed by atoms with Crippen LogP contribution in [0.5, 0.6) is 0 Å². The van der Waals surface area contributed by atoms with Gasteiger partial charge in [-0.2, -0.15) is 0 Å². The highest BCUT2D eigenvalue weighted by Gasteiger charge is 2.56. The Morgan fingerprint density at radius 1 is 0.324 bits per heavy atom. The molecule has 2 aromatic heterocycles. The largest absolute Gasteiger partial charge is 0.311 e. The van der Waals surface area contributed by atoms with E-state index in [0.717, 1.165) is 62.3 Å². The predicted molar refractivity (Wildman–Crippen MR) is 299 cm³/mol. The van der Waals surface area contributed by atoms with E-state index >= 15 is 0 Å². The first-order chi connectivity index (χ1) is 35.3. The predicted octanol–water partition coefficient (Wildman–Crippen LogP) is 11.1. The van der Waals surface area contributed by atoms with E-state index in [1.54, 1.807) is 0 Å². The standard InChI is InChI=1S/C64H44BN5Si/c1-5-23-45(24-6-1)68(46-25-7-2-8-26-46)47-43-58-62-59(44-47)70(55-36-16-14-32-51(55)53-34-18-20-42-67-53)57-38-22-40-61-64(57)65(62)63-56(69(58)54-35-15-13-31-50(54)52-33-17-19-41-66-52)37-21-39-60(63)71(61,48-27-9-3-10-28-48)49-29-11-4-12-30-49/h1-44H. The molecule has 14 rings (SSSR count). The molecule has 0 unspecified atom stereocenters. The molecule has 0 aliphatic carbocycles. The molecule has 0 atom stereocenters. The Labute approximate surface area is 415 Å². The number of pyridine rings is 2. The Hall–Kier alpha value is -9.04. The Kier molecular flexibility index (Phi) is 9.57. The summed E-state index contributed by atoms with van der Waals surface area (Å²) in [6, 6.07) is 93.7. The number of benzene rings is 9. The molecule has 0 spiro atoms. The maximum Gasteiger partial charge on any atom is 0.251 e. The van der Waals surface area contributed by atoms with Crippen LogP contribution in [0.4, 0.5) is 51.2 Å². The fourth-order valence-corrected chi connectivity index (χ4v) is 17.4. The van der Waals surface area contributed by atoms with E-state index in [1.807, 2.05) is 24.5 Å². The van der Waals surface area contributed by atoms with Gasteiger partial charge in [-0.15, -0.1) is 0 Å². The number of anilines is 9. The van der Waals surface area contributed by atoms with E-state index in [4.69, 9.17) is 9.97 Å². The maximum absolute atomic E-state index is 5.01. The molecule has 71 heavy (non-hydrogen) atoms. The lowest BCUT2D eigenvalue weighted by Gasteiger charge is -2.52. The second-order valence-corrected chi connectivity index (χ2v) is 22.2. The van der Waals surface area contributed by atoms with E-state index in [-0.39, 0.29) is 6.71 Å². The van der Waals surface area contributed by atoms with Crippen LogP contribution < -0.4 is 51.8 Å². The lowest BCUT2D eigenvalue weighted by molar-refractivity contribution is 1.22. The lowest BCUT2D eigenvalue weighted by Crippen LogP contribution is -2.88. The first-order valence-electron chi connectivity index (χ1n) is 24.4. The number of nitrogens with zero attached hydrogens (tertiary/aromatic N) is 5. The van der Waals surface area contributed by atoms with Gasteiger partial charge in [0, 0.05) is 57.6 Å². The smallest absolute Gasteiger partial charge is 0.251 e. The van der Waals surface area contributed by atoms with Gasteiger partial charge >= 0.3 is 0 Å². The summed E-state index contributed by atoms with van der Waals surface area (Å²) in [6.07, 6.45) is 3.80. The normalized spacial score (nSPS) is 13.4. The van der Waals surface area contributed by atoms with Crippen LogP contribution in [0.15, 0.2) is 267 Å². The summed E-state index contributed by atoms with van der Waals surface area (Å²) in [5, 5.41) is 5.56. The maximum atomic E-state index is 5.01. The van der Waals surface area contributed by atoms with Gasteiger partial charge in [0.05, 0.1) is 28.5 Å². The molecule has 3 aliphatic rings. The van der Waals surface area contributed by atoms with E-state index in [1.165, 1.54) is 48.5 Å². The van der Waals surface area contributed by atoms with Crippen molar-refractivity contribution >= 4 is 103 Å². The topological polar surface area (TPSA) is 35.5 Å². The van der Waals surface area contributed by atoms with Crippen LogP contribution in [0, 0.1) is 0 Å². The molecule has 5 heterocycles.